The van der Waals surface area contributed by atoms with Crippen molar-refractivity contribution in [2.45, 2.75) is 33.0 Å². The minimum atomic E-state index is -4.51. The molecule has 0 unspecified atom stereocenters. The number of fused-ring (bicyclic) bond motifs is 1. The van der Waals surface area contributed by atoms with Crippen LogP contribution in [0.3, 0.4) is 0 Å². The number of sulfonamides is 1. The summed E-state index contributed by atoms with van der Waals surface area (Å²) in [4.78, 5) is 23.9. The zero-order valence-corrected chi connectivity index (χ0v) is 17.5. The molecule has 1 heterocycles. The molecule has 0 spiro atoms. The number of para-hydroxylation sites is 2. The lowest BCUT2D eigenvalue weighted by molar-refractivity contribution is -0.148. The lowest BCUT2D eigenvalue weighted by Crippen LogP contribution is -2.48. The SMILES string of the molecule is CC(C)(C[C@H]1CN(S(=O)(=O)C(=O)OCc2ccccc2)c2ccccc2O1)C(=O)O. The number of carboxylic acid groups (broad SMARTS) is 1. The molecule has 0 aromatic heterocycles. The predicted octanol–water partition coefficient (Wildman–Crippen LogP) is 3.42. The maximum absolute atomic E-state index is 13.0. The number of carbonyl (C=O) groups excluding carboxylic acids is 1. The fourth-order valence-corrected chi connectivity index (χ4v) is 4.29. The van der Waals surface area contributed by atoms with E-state index in [2.05, 4.69) is 0 Å². The van der Waals surface area contributed by atoms with Gasteiger partial charge in [-0.05, 0) is 31.5 Å². The Kier molecular flexibility index (Phi) is 6.02. The molecule has 2 aromatic carbocycles. The number of benzene rings is 2. The van der Waals surface area contributed by atoms with E-state index in [4.69, 9.17) is 9.47 Å². The Morgan fingerprint density at radius 2 is 1.77 bits per heavy atom. The zero-order chi connectivity index (χ0) is 21.9. The highest BCUT2D eigenvalue weighted by atomic mass is 32.2. The van der Waals surface area contributed by atoms with Gasteiger partial charge in [0, 0.05) is 6.42 Å². The van der Waals surface area contributed by atoms with E-state index >= 15 is 0 Å². The molecule has 9 heteroatoms. The number of nitrogens with zero attached hydrogens (tertiary/aromatic N) is 1. The fourth-order valence-electron chi connectivity index (χ4n) is 3.13. The van der Waals surface area contributed by atoms with Crippen LogP contribution in [0.15, 0.2) is 54.6 Å². The smallest absolute Gasteiger partial charge is 0.445 e. The molecule has 0 radical (unpaired) electrons. The first-order valence-corrected chi connectivity index (χ1v) is 10.8. The van der Waals surface area contributed by atoms with E-state index in [1.54, 1.807) is 48.5 Å². The third kappa shape index (κ3) is 4.56. The van der Waals surface area contributed by atoms with Crippen molar-refractivity contribution in [2.24, 2.45) is 5.41 Å². The molecule has 0 fully saturated rings. The van der Waals surface area contributed by atoms with Crippen molar-refractivity contribution < 1.29 is 32.6 Å². The number of hydrogen-bond donors (Lipinski definition) is 1. The van der Waals surface area contributed by atoms with E-state index in [9.17, 15) is 23.1 Å². The summed E-state index contributed by atoms with van der Waals surface area (Å²) in [6.45, 7) is 2.69. The van der Waals surface area contributed by atoms with Crippen molar-refractivity contribution in [1.29, 1.82) is 0 Å². The Balaban J connectivity index is 1.84. The van der Waals surface area contributed by atoms with Gasteiger partial charge in [0.2, 0.25) is 0 Å². The number of carboxylic acids is 1. The second-order valence-electron chi connectivity index (χ2n) is 7.66. The van der Waals surface area contributed by atoms with Crippen LogP contribution in [0.25, 0.3) is 0 Å². The summed E-state index contributed by atoms with van der Waals surface area (Å²) in [5.74, 6) is -0.768. The average Bonchev–Trinajstić information content (AvgIpc) is 2.71. The first-order chi connectivity index (χ1) is 14.1. The van der Waals surface area contributed by atoms with Gasteiger partial charge in [-0.25, -0.2) is 4.79 Å². The molecule has 160 valence electrons. The summed E-state index contributed by atoms with van der Waals surface area (Å²) < 4.78 is 37.8. The molecule has 0 amide bonds. The topological polar surface area (TPSA) is 110 Å². The number of hydrogen-bond acceptors (Lipinski definition) is 6. The third-order valence-corrected chi connectivity index (χ3v) is 6.28. The van der Waals surface area contributed by atoms with Crippen LogP contribution in [0.2, 0.25) is 0 Å². The average molecular weight is 433 g/mol. The van der Waals surface area contributed by atoms with Gasteiger partial charge in [0.25, 0.3) is 0 Å². The Morgan fingerprint density at radius 1 is 1.13 bits per heavy atom. The van der Waals surface area contributed by atoms with Gasteiger partial charge >= 0.3 is 21.3 Å². The van der Waals surface area contributed by atoms with E-state index in [1.165, 1.54) is 19.9 Å². The highest BCUT2D eigenvalue weighted by Gasteiger charge is 2.41. The van der Waals surface area contributed by atoms with Gasteiger partial charge in [0.05, 0.1) is 17.6 Å². The van der Waals surface area contributed by atoms with Crippen LogP contribution >= 0.6 is 0 Å². The van der Waals surface area contributed by atoms with Crippen LogP contribution in [0.1, 0.15) is 25.8 Å². The number of carbonyl (C=O) groups is 2. The van der Waals surface area contributed by atoms with Crippen molar-refractivity contribution in [1.82, 2.24) is 0 Å². The first-order valence-electron chi connectivity index (χ1n) is 9.34. The number of anilines is 1. The summed E-state index contributed by atoms with van der Waals surface area (Å²) in [7, 11) is -4.51. The molecule has 1 atom stereocenters. The van der Waals surface area contributed by atoms with Gasteiger partial charge in [-0.15, -0.1) is 0 Å². The molecule has 0 bridgehead atoms. The van der Waals surface area contributed by atoms with Crippen LogP contribution in [-0.4, -0.2) is 37.4 Å². The summed E-state index contributed by atoms with van der Waals surface area (Å²) in [5.41, 5.74) is -0.275. The number of aliphatic carboxylic acids is 1. The van der Waals surface area contributed by atoms with Crippen LogP contribution in [0.4, 0.5) is 10.5 Å². The van der Waals surface area contributed by atoms with Gasteiger partial charge in [-0.3, -0.25) is 9.10 Å². The molecule has 1 N–H and O–H groups in total. The molecule has 30 heavy (non-hydrogen) atoms. The lowest BCUT2D eigenvalue weighted by Gasteiger charge is -2.36. The molecule has 0 saturated carbocycles. The van der Waals surface area contributed by atoms with Crippen LogP contribution in [-0.2, 0) is 26.2 Å². The Bertz CT molecular complexity index is 1030. The van der Waals surface area contributed by atoms with E-state index < -0.39 is 32.8 Å². The van der Waals surface area contributed by atoms with Crippen molar-refractivity contribution in [3.05, 3.63) is 60.2 Å². The lowest BCUT2D eigenvalue weighted by atomic mass is 9.86. The summed E-state index contributed by atoms with van der Waals surface area (Å²) >= 11 is 0. The molecule has 8 nitrogen and oxygen atoms in total. The molecular weight excluding hydrogens is 410 g/mol. The van der Waals surface area contributed by atoms with E-state index in [1.807, 2.05) is 0 Å². The number of rotatable bonds is 6. The predicted molar refractivity (Wildman–Crippen MR) is 110 cm³/mol. The maximum atomic E-state index is 13.0. The Hall–Kier alpha value is -3.07. The summed E-state index contributed by atoms with van der Waals surface area (Å²) in [6.07, 6.45) is -0.690. The highest BCUT2D eigenvalue weighted by Crippen LogP contribution is 2.38. The minimum Gasteiger partial charge on any atom is -0.486 e. The van der Waals surface area contributed by atoms with Gasteiger partial charge in [-0.2, -0.15) is 8.42 Å². The Labute approximate surface area is 175 Å². The molecule has 1 aliphatic rings. The van der Waals surface area contributed by atoms with Crippen molar-refractivity contribution in [2.75, 3.05) is 10.8 Å². The van der Waals surface area contributed by atoms with Crippen molar-refractivity contribution >= 4 is 27.0 Å². The molecule has 0 saturated heterocycles. The van der Waals surface area contributed by atoms with Gasteiger partial charge in [0.1, 0.15) is 18.5 Å². The zero-order valence-electron chi connectivity index (χ0n) is 16.6. The van der Waals surface area contributed by atoms with E-state index in [0.29, 0.717) is 5.56 Å². The molecular formula is C21H23NO7S. The maximum Gasteiger partial charge on any atom is 0.445 e. The van der Waals surface area contributed by atoms with Gasteiger partial charge in [0.15, 0.2) is 0 Å². The Morgan fingerprint density at radius 3 is 2.43 bits per heavy atom. The summed E-state index contributed by atoms with van der Waals surface area (Å²) in [5, 5.41) is 8.02. The fraction of sp³-hybridized carbons (Fsp3) is 0.333. The van der Waals surface area contributed by atoms with E-state index in [0.717, 1.165) is 4.31 Å². The van der Waals surface area contributed by atoms with Crippen LogP contribution in [0.5, 0.6) is 5.75 Å². The standard InChI is InChI=1S/C21H23NO7S/c1-21(2,19(23)24)12-16-13-22(17-10-6-7-11-18(17)29-16)30(26,27)20(25)28-14-15-8-4-3-5-9-15/h3-11,16H,12-14H2,1-2H3,(H,23,24)/t16-/m0/s1. The molecule has 0 aliphatic carbocycles. The molecule has 1 aliphatic heterocycles. The number of ether oxygens (including phenoxy) is 2. The van der Waals surface area contributed by atoms with Crippen molar-refractivity contribution in [3.8, 4) is 5.75 Å². The second kappa shape index (κ2) is 8.35. The largest absolute Gasteiger partial charge is 0.486 e. The quantitative estimate of drug-likeness (QED) is 0.695. The summed E-state index contributed by atoms with van der Waals surface area (Å²) in [6, 6.07) is 15.1. The monoisotopic (exact) mass is 433 g/mol. The molecule has 3 rings (SSSR count). The van der Waals surface area contributed by atoms with Crippen LogP contribution < -0.4 is 9.04 Å². The van der Waals surface area contributed by atoms with E-state index in [-0.39, 0.29) is 31.0 Å². The normalized spacial score (nSPS) is 16.3. The van der Waals surface area contributed by atoms with Gasteiger partial charge < -0.3 is 14.6 Å². The van der Waals surface area contributed by atoms with Crippen molar-refractivity contribution in [3.63, 3.8) is 0 Å². The second-order valence-corrected chi connectivity index (χ2v) is 9.39. The van der Waals surface area contributed by atoms with Gasteiger partial charge in [-0.1, -0.05) is 42.5 Å². The first kappa shape index (κ1) is 21.6. The third-order valence-electron chi connectivity index (χ3n) is 4.81. The van der Waals surface area contributed by atoms with Crippen LogP contribution in [0, 0.1) is 5.41 Å². The highest BCUT2D eigenvalue weighted by molar-refractivity contribution is 8.06. The minimum absolute atomic E-state index is 0.0573. The molecule has 2 aromatic rings.